The van der Waals surface area contributed by atoms with Crippen LogP contribution in [-0.4, -0.2) is 6.04 Å². The van der Waals surface area contributed by atoms with E-state index in [1.54, 1.807) is 0 Å². The van der Waals surface area contributed by atoms with Crippen molar-refractivity contribution in [2.45, 2.75) is 110 Å². The minimum atomic E-state index is 0.241. The first-order chi connectivity index (χ1) is 12.3. The van der Waals surface area contributed by atoms with Crippen LogP contribution in [0.15, 0.2) is 18.2 Å². The van der Waals surface area contributed by atoms with Gasteiger partial charge in [0.05, 0.1) is 0 Å². The Morgan fingerprint density at radius 1 is 0.923 bits per heavy atom. The summed E-state index contributed by atoms with van der Waals surface area (Å²) in [6, 6.07) is 7.01. The van der Waals surface area contributed by atoms with E-state index in [1.165, 1.54) is 68.9 Å². The molecule has 0 aliphatic rings. The highest BCUT2D eigenvalue weighted by molar-refractivity contribution is 5.49. The van der Waals surface area contributed by atoms with Crippen LogP contribution < -0.4 is 11.5 Å². The van der Waals surface area contributed by atoms with E-state index in [0.717, 1.165) is 12.1 Å². The molecule has 4 N–H and O–H groups in total. The van der Waals surface area contributed by atoms with Crippen LogP contribution in [0.25, 0.3) is 0 Å². The van der Waals surface area contributed by atoms with Crippen LogP contribution >= 0.6 is 0 Å². The molecule has 0 fully saturated rings. The summed E-state index contributed by atoms with van der Waals surface area (Å²) < 4.78 is 0. The van der Waals surface area contributed by atoms with Gasteiger partial charge in [0, 0.05) is 11.7 Å². The molecule has 2 heteroatoms. The predicted molar refractivity (Wildman–Crippen MR) is 118 cm³/mol. The van der Waals surface area contributed by atoms with Crippen LogP contribution in [0.1, 0.15) is 104 Å². The van der Waals surface area contributed by atoms with Crippen LogP contribution in [0.2, 0.25) is 0 Å². The number of rotatable bonds is 13. The van der Waals surface area contributed by atoms with Crippen LogP contribution in [-0.2, 0) is 11.8 Å². The van der Waals surface area contributed by atoms with Crippen molar-refractivity contribution in [2.24, 2.45) is 11.7 Å². The lowest BCUT2D eigenvalue weighted by Gasteiger charge is -2.26. The average Bonchev–Trinajstić information content (AvgIpc) is 2.60. The number of hydrogen-bond donors (Lipinski definition) is 2. The van der Waals surface area contributed by atoms with E-state index >= 15 is 0 Å². The highest BCUT2D eigenvalue weighted by atomic mass is 14.6. The van der Waals surface area contributed by atoms with Crippen LogP contribution in [0.5, 0.6) is 0 Å². The van der Waals surface area contributed by atoms with Crippen LogP contribution in [0, 0.1) is 5.92 Å². The van der Waals surface area contributed by atoms with Crippen molar-refractivity contribution < 1.29 is 0 Å². The lowest BCUT2D eigenvalue weighted by molar-refractivity contribution is 0.430. The molecule has 26 heavy (non-hydrogen) atoms. The Kier molecular flexibility index (Phi) is 10.3. The standard InChI is InChI=1S/C24H44N2/c1-6-20-18-21(15-16-23(20)26)24(4,5)17-13-11-9-7-8-10-12-14-22(25)19(2)3/h15-16,18-19,22H,6-14,17,25-26H2,1-5H3. The van der Waals surface area contributed by atoms with Gasteiger partial charge >= 0.3 is 0 Å². The summed E-state index contributed by atoms with van der Waals surface area (Å²) in [5.74, 6) is 0.618. The zero-order chi connectivity index (χ0) is 19.6. The molecule has 1 aromatic rings. The molecule has 0 amide bonds. The fourth-order valence-electron chi connectivity index (χ4n) is 3.64. The summed E-state index contributed by atoms with van der Waals surface area (Å²) in [6.45, 7) is 11.4. The van der Waals surface area contributed by atoms with E-state index in [0.29, 0.717) is 12.0 Å². The maximum Gasteiger partial charge on any atom is 0.0346 e. The molecule has 2 nitrogen and oxygen atoms in total. The van der Waals surface area contributed by atoms with Crippen molar-refractivity contribution in [3.05, 3.63) is 29.3 Å². The van der Waals surface area contributed by atoms with Crippen molar-refractivity contribution in [3.63, 3.8) is 0 Å². The van der Waals surface area contributed by atoms with Gasteiger partial charge in [-0.05, 0) is 47.8 Å². The molecule has 1 atom stereocenters. The highest BCUT2D eigenvalue weighted by Gasteiger charge is 2.20. The molecule has 0 spiro atoms. The first kappa shape index (κ1) is 23.0. The van der Waals surface area contributed by atoms with Crippen molar-refractivity contribution in [1.29, 1.82) is 0 Å². The van der Waals surface area contributed by atoms with E-state index in [9.17, 15) is 0 Å². The van der Waals surface area contributed by atoms with Gasteiger partial charge in [0.1, 0.15) is 0 Å². The summed E-state index contributed by atoms with van der Waals surface area (Å²) in [5, 5.41) is 0. The Hall–Kier alpha value is -1.02. The highest BCUT2D eigenvalue weighted by Crippen LogP contribution is 2.31. The van der Waals surface area contributed by atoms with Crippen molar-refractivity contribution >= 4 is 5.69 Å². The maximum absolute atomic E-state index is 6.11. The number of nitrogen functional groups attached to an aromatic ring is 1. The molecule has 0 aromatic heterocycles. The summed E-state index contributed by atoms with van der Waals surface area (Å²) >= 11 is 0. The van der Waals surface area contributed by atoms with Gasteiger partial charge in [-0.15, -0.1) is 0 Å². The first-order valence-electron chi connectivity index (χ1n) is 10.9. The fraction of sp³-hybridized carbons (Fsp3) is 0.750. The van der Waals surface area contributed by atoms with Crippen molar-refractivity contribution in [2.75, 3.05) is 5.73 Å². The third kappa shape index (κ3) is 8.12. The minimum Gasteiger partial charge on any atom is -0.399 e. The van der Waals surface area contributed by atoms with Gasteiger partial charge in [0.25, 0.3) is 0 Å². The van der Waals surface area contributed by atoms with E-state index in [-0.39, 0.29) is 5.41 Å². The lowest BCUT2D eigenvalue weighted by Crippen LogP contribution is -2.25. The number of unbranched alkanes of at least 4 members (excludes halogenated alkanes) is 6. The molecular weight excluding hydrogens is 316 g/mol. The normalized spacial score (nSPS) is 13.3. The number of nitrogens with two attached hydrogens (primary N) is 2. The minimum absolute atomic E-state index is 0.241. The second kappa shape index (κ2) is 11.6. The summed E-state index contributed by atoms with van der Waals surface area (Å²) in [7, 11) is 0. The third-order valence-corrected chi connectivity index (χ3v) is 6.00. The Bertz CT molecular complexity index is 505. The maximum atomic E-state index is 6.11. The van der Waals surface area contributed by atoms with E-state index in [4.69, 9.17) is 11.5 Å². The van der Waals surface area contributed by atoms with Gasteiger partial charge in [-0.25, -0.2) is 0 Å². The molecule has 1 rings (SSSR count). The quantitative estimate of drug-likeness (QED) is 0.307. The average molecular weight is 361 g/mol. The smallest absolute Gasteiger partial charge is 0.0346 e. The molecular formula is C24H44N2. The van der Waals surface area contributed by atoms with Gasteiger partial charge < -0.3 is 11.5 Å². The number of anilines is 1. The summed E-state index contributed by atoms with van der Waals surface area (Å²) in [6.07, 6.45) is 12.9. The van der Waals surface area contributed by atoms with Gasteiger partial charge in [-0.1, -0.05) is 91.7 Å². The van der Waals surface area contributed by atoms with E-state index < -0.39 is 0 Å². The monoisotopic (exact) mass is 360 g/mol. The third-order valence-electron chi connectivity index (χ3n) is 6.00. The summed E-state index contributed by atoms with van der Waals surface area (Å²) in [4.78, 5) is 0. The zero-order valence-corrected chi connectivity index (χ0v) is 18.1. The summed E-state index contributed by atoms with van der Waals surface area (Å²) in [5.41, 5.74) is 16.1. The van der Waals surface area contributed by atoms with Crippen molar-refractivity contribution in [3.8, 4) is 0 Å². The molecule has 0 radical (unpaired) electrons. The Morgan fingerprint density at radius 3 is 2.08 bits per heavy atom. The van der Waals surface area contributed by atoms with E-state index in [2.05, 4.69) is 52.8 Å². The van der Waals surface area contributed by atoms with Gasteiger partial charge in [-0.3, -0.25) is 0 Å². The molecule has 0 aliphatic carbocycles. The van der Waals surface area contributed by atoms with Crippen molar-refractivity contribution in [1.82, 2.24) is 0 Å². The number of benzene rings is 1. The molecule has 0 saturated heterocycles. The van der Waals surface area contributed by atoms with E-state index in [1.807, 2.05) is 0 Å². The number of aryl methyl sites for hydroxylation is 1. The number of hydrogen-bond acceptors (Lipinski definition) is 2. The first-order valence-corrected chi connectivity index (χ1v) is 10.9. The molecule has 1 aromatic carbocycles. The molecule has 0 saturated carbocycles. The molecule has 150 valence electrons. The van der Waals surface area contributed by atoms with Crippen LogP contribution in [0.3, 0.4) is 0 Å². The topological polar surface area (TPSA) is 52.0 Å². The Morgan fingerprint density at radius 2 is 1.50 bits per heavy atom. The van der Waals surface area contributed by atoms with Gasteiger partial charge in [-0.2, -0.15) is 0 Å². The second-order valence-electron chi connectivity index (χ2n) is 9.07. The molecule has 0 bridgehead atoms. The molecule has 0 heterocycles. The second-order valence-corrected chi connectivity index (χ2v) is 9.07. The SMILES string of the molecule is CCc1cc(C(C)(C)CCCCCCCCCC(N)C(C)C)ccc1N. The van der Waals surface area contributed by atoms with Crippen LogP contribution in [0.4, 0.5) is 5.69 Å². The van der Waals surface area contributed by atoms with Gasteiger partial charge in [0.15, 0.2) is 0 Å². The molecule has 1 unspecified atom stereocenters. The Labute approximate surface area is 163 Å². The largest absolute Gasteiger partial charge is 0.399 e. The van der Waals surface area contributed by atoms with Gasteiger partial charge in [0.2, 0.25) is 0 Å². The predicted octanol–water partition coefficient (Wildman–Crippen LogP) is 6.60. The fourth-order valence-corrected chi connectivity index (χ4v) is 3.64. The lowest BCUT2D eigenvalue weighted by atomic mass is 9.79. The zero-order valence-electron chi connectivity index (χ0n) is 18.1. The Balaban J connectivity index is 2.18. The molecule has 0 aliphatic heterocycles.